The predicted octanol–water partition coefficient (Wildman–Crippen LogP) is 4.70. The van der Waals surface area contributed by atoms with Crippen LogP contribution in [0, 0.1) is 0 Å². The lowest BCUT2D eigenvalue weighted by Gasteiger charge is -2.11. The van der Waals surface area contributed by atoms with Gasteiger partial charge in [-0.15, -0.1) is 0 Å². The molecule has 0 aliphatic rings. The summed E-state index contributed by atoms with van der Waals surface area (Å²) in [5.74, 6) is -0.319. The Hall–Kier alpha value is -1.65. The third-order valence-electron chi connectivity index (χ3n) is 3.17. The molecule has 0 spiro atoms. The van der Waals surface area contributed by atoms with E-state index in [-0.39, 0.29) is 5.97 Å². The number of hydrogen-bond donors (Lipinski definition) is 0. The van der Waals surface area contributed by atoms with Crippen molar-refractivity contribution >= 4 is 39.7 Å². The first-order chi connectivity index (χ1) is 11.1. The van der Waals surface area contributed by atoms with Gasteiger partial charge in [0.1, 0.15) is 0 Å². The van der Waals surface area contributed by atoms with E-state index in [0.717, 1.165) is 15.6 Å². The summed E-state index contributed by atoms with van der Waals surface area (Å²) < 4.78 is 6.12. The molecule has 0 aliphatic heterocycles. The molecule has 0 amide bonds. The highest BCUT2D eigenvalue weighted by Gasteiger charge is 2.18. The van der Waals surface area contributed by atoms with E-state index in [1.165, 1.54) is 0 Å². The van der Waals surface area contributed by atoms with E-state index in [4.69, 9.17) is 16.3 Å². The van der Waals surface area contributed by atoms with Gasteiger partial charge in [-0.25, -0.2) is 4.79 Å². The van der Waals surface area contributed by atoms with Crippen LogP contribution < -0.4 is 0 Å². The molecule has 5 heteroatoms. The summed E-state index contributed by atoms with van der Waals surface area (Å²) >= 11 is 9.26. The maximum Gasteiger partial charge on any atom is 0.331 e. The molecular formula is C18H17BrClNO2. The summed E-state index contributed by atoms with van der Waals surface area (Å²) in [5, 5.41) is 0.666. The zero-order valence-corrected chi connectivity index (χ0v) is 15.0. The second-order valence-corrected chi connectivity index (χ2v) is 6.28. The zero-order chi connectivity index (χ0) is 16.7. The standard InChI is InChI=1S/C18H17BrClNO2/c1-2-23-18(22)17(11-13-3-7-15(19)8-4-13)21-12-14-5-9-16(20)10-6-14/h3-10,12,17H,2,11H2,1H3/b21-12-. The molecule has 1 unspecified atom stereocenters. The molecule has 0 N–H and O–H groups in total. The Kier molecular flexibility index (Phi) is 6.81. The average molecular weight is 395 g/mol. The smallest absolute Gasteiger partial charge is 0.331 e. The average Bonchev–Trinajstić information content (AvgIpc) is 2.55. The van der Waals surface area contributed by atoms with Crippen molar-refractivity contribution < 1.29 is 9.53 Å². The lowest BCUT2D eigenvalue weighted by Crippen LogP contribution is -2.24. The molecule has 0 aromatic heterocycles. The van der Waals surface area contributed by atoms with Gasteiger partial charge in [0.2, 0.25) is 0 Å². The Morgan fingerprint density at radius 3 is 2.48 bits per heavy atom. The van der Waals surface area contributed by atoms with Crippen LogP contribution in [0.4, 0.5) is 0 Å². The molecule has 2 aromatic rings. The van der Waals surface area contributed by atoms with Crippen LogP contribution in [0.25, 0.3) is 0 Å². The topological polar surface area (TPSA) is 38.7 Å². The number of carbonyl (C=O) groups is 1. The van der Waals surface area contributed by atoms with Crippen molar-refractivity contribution in [2.24, 2.45) is 4.99 Å². The molecule has 0 radical (unpaired) electrons. The van der Waals surface area contributed by atoms with Crippen LogP contribution in [-0.4, -0.2) is 24.8 Å². The van der Waals surface area contributed by atoms with E-state index in [1.54, 1.807) is 25.3 Å². The number of aliphatic imine (C=N–C) groups is 1. The summed E-state index contributed by atoms with van der Waals surface area (Å²) in [5.41, 5.74) is 1.92. The highest BCUT2D eigenvalue weighted by Crippen LogP contribution is 2.14. The number of hydrogen-bond acceptors (Lipinski definition) is 3. The van der Waals surface area contributed by atoms with E-state index < -0.39 is 6.04 Å². The maximum absolute atomic E-state index is 12.1. The van der Waals surface area contributed by atoms with Gasteiger partial charge in [0.25, 0.3) is 0 Å². The quantitative estimate of drug-likeness (QED) is 0.526. The second-order valence-electron chi connectivity index (χ2n) is 4.93. The Labute approximate surface area is 149 Å². The fourth-order valence-corrected chi connectivity index (χ4v) is 2.39. The van der Waals surface area contributed by atoms with E-state index >= 15 is 0 Å². The van der Waals surface area contributed by atoms with Crippen molar-refractivity contribution in [1.29, 1.82) is 0 Å². The van der Waals surface area contributed by atoms with Gasteiger partial charge in [-0.2, -0.15) is 0 Å². The molecule has 1 atom stereocenters. The van der Waals surface area contributed by atoms with Crippen LogP contribution >= 0.6 is 27.5 Å². The molecule has 0 heterocycles. The SMILES string of the molecule is CCOC(=O)C(Cc1ccc(Br)cc1)/N=C\c1ccc(Cl)cc1. The number of esters is 1. The van der Waals surface area contributed by atoms with E-state index in [0.29, 0.717) is 18.1 Å². The molecule has 120 valence electrons. The van der Waals surface area contributed by atoms with Gasteiger partial charge in [-0.3, -0.25) is 4.99 Å². The molecule has 2 aromatic carbocycles. The van der Waals surface area contributed by atoms with Gasteiger partial charge >= 0.3 is 5.97 Å². The van der Waals surface area contributed by atoms with Crippen LogP contribution in [0.1, 0.15) is 18.1 Å². The Bertz CT molecular complexity index is 668. The van der Waals surface area contributed by atoms with Gasteiger partial charge in [-0.05, 0) is 42.3 Å². The van der Waals surface area contributed by atoms with Gasteiger partial charge < -0.3 is 4.74 Å². The number of carbonyl (C=O) groups excluding carboxylic acids is 1. The number of halogens is 2. The number of rotatable bonds is 6. The van der Waals surface area contributed by atoms with Crippen molar-refractivity contribution in [1.82, 2.24) is 0 Å². The second kappa shape index (κ2) is 8.85. The molecule has 0 saturated heterocycles. The summed E-state index contributed by atoms with van der Waals surface area (Å²) in [7, 11) is 0. The summed E-state index contributed by atoms with van der Waals surface area (Å²) in [6, 6.07) is 14.5. The highest BCUT2D eigenvalue weighted by molar-refractivity contribution is 9.10. The molecule has 0 saturated carbocycles. The summed E-state index contributed by atoms with van der Waals surface area (Å²) in [6.07, 6.45) is 2.17. The first-order valence-corrected chi connectivity index (χ1v) is 8.45. The summed E-state index contributed by atoms with van der Waals surface area (Å²) in [6.45, 7) is 2.13. The van der Waals surface area contributed by atoms with Crippen molar-refractivity contribution in [2.45, 2.75) is 19.4 Å². The Balaban J connectivity index is 2.14. The minimum absolute atomic E-state index is 0.319. The zero-order valence-electron chi connectivity index (χ0n) is 12.7. The van der Waals surface area contributed by atoms with Crippen LogP contribution in [0.5, 0.6) is 0 Å². The number of nitrogens with zero attached hydrogens (tertiary/aromatic N) is 1. The highest BCUT2D eigenvalue weighted by atomic mass is 79.9. The van der Waals surface area contributed by atoms with Gasteiger partial charge in [0.05, 0.1) is 6.61 Å². The van der Waals surface area contributed by atoms with E-state index in [1.807, 2.05) is 36.4 Å². The van der Waals surface area contributed by atoms with E-state index in [9.17, 15) is 4.79 Å². The van der Waals surface area contributed by atoms with Crippen LogP contribution in [0.2, 0.25) is 5.02 Å². The Morgan fingerprint density at radius 2 is 1.87 bits per heavy atom. The molecule has 0 aliphatic carbocycles. The normalized spacial score (nSPS) is 12.3. The first kappa shape index (κ1) is 17.7. The minimum Gasteiger partial charge on any atom is -0.464 e. The van der Waals surface area contributed by atoms with Crippen molar-refractivity contribution in [3.05, 3.63) is 69.2 Å². The van der Waals surface area contributed by atoms with Crippen molar-refractivity contribution in [3.63, 3.8) is 0 Å². The first-order valence-electron chi connectivity index (χ1n) is 7.28. The molecule has 0 fully saturated rings. The number of benzene rings is 2. The molecular weight excluding hydrogens is 378 g/mol. The molecule has 3 nitrogen and oxygen atoms in total. The van der Waals surface area contributed by atoms with Crippen LogP contribution in [0.15, 0.2) is 58.0 Å². The van der Waals surface area contributed by atoms with Crippen LogP contribution in [0.3, 0.4) is 0 Å². The summed E-state index contributed by atoms with van der Waals surface area (Å²) in [4.78, 5) is 16.5. The molecule has 2 rings (SSSR count). The van der Waals surface area contributed by atoms with Crippen molar-refractivity contribution in [3.8, 4) is 0 Å². The molecule has 0 bridgehead atoms. The fraction of sp³-hybridized carbons (Fsp3) is 0.222. The third kappa shape index (κ3) is 5.81. The lowest BCUT2D eigenvalue weighted by molar-refractivity contribution is -0.144. The fourth-order valence-electron chi connectivity index (χ4n) is 2.00. The van der Waals surface area contributed by atoms with Gasteiger partial charge in [-0.1, -0.05) is 51.8 Å². The van der Waals surface area contributed by atoms with Gasteiger partial charge in [0.15, 0.2) is 6.04 Å². The largest absolute Gasteiger partial charge is 0.464 e. The third-order valence-corrected chi connectivity index (χ3v) is 3.96. The maximum atomic E-state index is 12.1. The van der Waals surface area contributed by atoms with Gasteiger partial charge in [0, 0.05) is 22.1 Å². The van der Waals surface area contributed by atoms with E-state index in [2.05, 4.69) is 20.9 Å². The Morgan fingerprint density at radius 1 is 1.22 bits per heavy atom. The lowest BCUT2D eigenvalue weighted by atomic mass is 10.1. The predicted molar refractivity (Wildman–Crippen MR) is 97.3 cm³/mol. The number of ether oxygens (including phenoxy) is 1. The minimum atomic E-state index is -0.563. The van der Waals surface area contributed by atoms with Crippen LogP contribution in [-0.2, 0) is 16.0 Å². The molecule has 23 heavy (non-hydrogen) atoms. The van der Waals surface area contributed by atoms with Crippen molar-refractivity contribution in [2.75, 3.05) is 6.61 Å². The monoisotopic (exact) mass is 393 g/mol.